The maximum Gasteiger partial charge on any atom is 0.326 e. The molecule has 2 aromatic rings. The van der Waals surface area contributed by atoms with Crippen molar-refractivity contribution in [2.75, 3.05) is 13.1 Å². The highest BCUT2D eigenvalue weighted by molar-refractivity contribution is 5.94. The van der Waals surface area contributed by atoms with Crippen molar-refractivity contribution in [1.82, 2.24) is 20.5 Å². The predicted octanol–water partition coefficient (Wildman–Crippen LogP) is 0.868. The minimum absolute atomic E-state index is 0.0802. The number of carboxylic acid groups (broad SMARTS) is 1. The van der Waals surface area contributed by atoms with E-state index in [4.69, 9.17) is 11.5 Å². The van der Waals surface area contributed by atoms with Crippen molar-refractivity contribution < 1.29 is 24.3 Å². The van der Waals surface area contributed by atoms with E-state index < -0.39 is 42.0 Å². The van der Waals surface area contributed by atoms with Crippen LogP contribution in [0.4, 0.5) is 0 Å². The Morgan fingerprint density at radius 2 is 1.89 bits per heavy atom. The Balaban J connectivity index is 1.66. The highest BCUT2D eigenvalue weighted by Crippen LogP contribution is 2.21. The minimum atomic E-state index is -1.18. The summed E-state index contributed by atoms with van der Waals surface area (Å²) in [4.78, 5) is 56.0. The second kappa shape index (κ2) is 13.4. The average Bonchev–Trinajstić information content (AvgIpc) is 3.53. The molecular weight excluding hydrogens is 488 g/mol. The minimum Gasteiger partial charge on any atom is -0.480 e. The molecule has 8 N–H and O–H groups in total. The van der Waals surface area contributed by atoms with E-state index in [-0.39, 0.29) is 18.2 Å². The summed E-state index contributed by atoms with van der Waals surface area (Å²) in [6.45, 7) is 4.49. The lowest BCUT2D eigenvalue weighted by molar-refractivity contribution is -0.143. The molecule has 3 amide bonds. The lowest BCUT2D eigenvalue weighted by Gasteiger charge is -2.29. The molecule has 38 heavy (non-hydrogen) atoms. The fourth-order valence-electron chi connectivity index (χ4n) is 4.91. The molecule has 0 aliphatic carbocycles. The third-order valence-electron chi connectivity index (χ3n) is 7.09. The molecule has 1 fully saturated rings. The van der Waals surface area contributed by atoms with Crippen molar-refractivity contribution in [2.24, 2.45) is 17.4 Å². The number of likely N-dealkylation sites (tertiary alicyclic amines) is 1. The quantitative estimate of drug-likeness (QED) is 0.208. The number of benzene rings is 1. The van der Waals surface area contributed by atoms with Crippen LogP contribution in [0.5, 0.6) is 0 Å². The van der Waals surface area contributed by atoms with Crippen LogP contribution in [0.3, 0.4) is 0 Å². The molecule has 0 radical (unpaired) electrons. The van der Waals surface area contributed by atoms with E-state index in [1.54, 1.807) is 20.0 Å². The summed E-state index contributed by atoms with van der Waals surface area (Å²) in [5, 5.41) is 16.1. The van der Waals surface area contributed by atoms with Crippen molar-refractivity contribution in [3.05, 3.63) is 36.0 Å². The van der Waals surface area contributed by atoms with Gasteiger partial charge in [-0.1, -0.05) is 38.5 Å². The third-order valence-corrected chi connectivity index (χ3v) is 7.09. The van der Waals surface area contributed by atoms with E-state index in [9.17, 15) is 24.3 Å². The molecule has 3 rings (SSSR count). The second-order valence-corrected chi connectivity index (χ2v) is 10.3. The van der Waals surface area contributed by atoms with Crippen molar-refractivity contribution in [3.63, 3.8) is 0 Å². The van der Waals surface area contributed by atoms with E-state index in [0.717, 1.165) is 29.3 Å². The summed E-state index contributed by atoms with van der Waals surface area (Å²) >= 11 is 0. The van der Waals surface area contributed by atoms with Gasteiger partial charge in [-0.3, -0.25) is 14.4 Å². The number of nitrogens with two attached hydrogens (primary N) is 2. The smallest absolute Gasteiger partial charge is 0.326 e. The van der Waals surface area contributed by atoms with Gasteiger partial charge < -0.3 is 37.1 Å². The zero-order valence-corrected chi connectivity index (χ0v) is 22.1. The second-order valence-electron chi connectivity index (χ2n) is 10.3. The number of fused-ring (bicyclic) bond motifs is 1. The van der Waals surface area contributed by atoms with Gasteiger partial charge in [0.25, 0.3) is 0 Å². The van der Waals surface area contributed by atoms with Crippen LogP contribution in [0.1, 0.15) is 51.5 Å². The molecule has 1 aliphatic heterocycles. The highest BCUT2D eigenvalue weighted by Gasteiger charge is 2.38. The molecule has 11 nitrogen and oxygen atoms in total. The number of hydrogen-bond donors (Lipinski definition) is 6. The molecule has 4 unspecified atom stereocenters. The number of amides is 3. The first-order chi connectivity index (χ1) is 18.1. The predicted molar refractivity (Wildman–Crippen MR) is 144 cm³/mol. The number of para-hydroxylation sites is 1. The molecule has 11 heteroatoms. The molecule has 1 aromatic carbocycles. The number of rotatable bonds is 13. The average molecular weight is 529 g/mol. The number of carbonyl (C=O) groups is 4. The van der Waals surface area contributed by atoms with Gasteiger partial charge in [-0.25, -0.2) is 4.79 Å². The zero-order valence-electron chi connectivity index (χ0n) is 22.1. The van der Waals surface area contributed by atoms with E-state index in [1.165, 1.54) is 4.90 Å². The summed E-state index contributed by atoms with van der Waals surface area (Å²) in [5.74, 6) is -2.80. The standard InChI is InChI=1S/C27H40N6O5/c1-16(2)23(32-24(34)22-11-7-13-33(22)26(36)19(29)9-5-6-12-28)25(35)31-21(27(37)38)14-17-15-30-20-10-4-3-8-18(17)20/h3-4,8,10,15-16,19,21-23,30H,5-7,9,11-14,28-29H2,1-2H3,(H,31,35)(H,32,34)(H,37,38). The fraction of sp³-hybridized carbons (Fsp3) is 0.556. The highest BCUT2D eigenvalue weighted by atomic mass is 16.4. The van der Waals surface area contributed by atoms with Crippen LogP contribution >= 0.6 is 0 Å². The maximum atomic E-state index is 13.2. The summed E-state index contributed by atoms with van der Waals surface area (Å²) < 4.78 is 0. The van der Waals surface area contributed by atoms with Gasteiger partial charge in [-0.05, 0) is 49.8 Å². The van der Waals surface area contributed by atoms with Gasteiger partial charge >= 0.3 is 5.97 Å². The molecular formula is C27H40N6O5. The maximum absolute atomic E-state index is 13.2. The van der Waals surface area contributed by atoms with Gasteiger partial charge in [-0.2, -0.15) is 0 Å². The van der Waals surface area contributed by atoms with Crippen LogP contribution in [0, 0.1) is 5.92 Å². The van der Waals surface area contributed by atoms with Crippen molar-refractivity contribution in [3.8, 4) is 0 Å². The van der Waals surface area contributed by atoms with Crippen molar-refractivity contribution in [1.29, 1.82) is 0 Å². The molecule has 0 bridgehead atoms. The first-order valence-electron chi connectivity index (χ1n) is 13.3. The number of aromatic nitrogens is 1. The number of aromatic amines is 1. The normalized spacial score (nSPS) is 17.8. The number of H-pyrrole nitrogens is 1. The molecule has 1 saturated heterocycles. The first-order valence-corrected chi connectivity index (χ1v) is 13.3. The Morgan fingerprint density at radius 1 is 1.16 bits per heavy atom. The first kappa shape index (κ1) is 29.1. The summed E-state index contributed by atoms with van der Waals surface area (Å²) in [6.07, 6.45) is 4.94. The number of carboxylic acids is 1. The van der Waals surface area contributed by atoms with Gasteiger partial charge in [0, 0.05) is 30.1 Å². The van der Waals surface area contributed by atoms with Crippen LogP contribution in [0.25, 0.3) is 10.9 Å². The van der Waals surface area contributed by atoms with Gasteiger partial charge in [0.1, 0.15) is 18.1 Å². The lowest BCUT2D eigenvalue weighted by Crippen LogP contribution is -2.58. The van der Waals surface area contributed by atoms with Crippen LogP contribution in [0.2, 0.25) is 0 Å². The van der Waals surface area contributed by atoms with Crippen LogP contribution < -0.4 is 22.1 Å². The third kappa shape index (κ3) is 7.11. The van der Waals surface area contributed by atoms with E-state index in [1.807, 2.05) is 24.3 Å². The molecule has 0 spiro atoms. The molecule has 208 valence electrons. The van der Waals surface area contributed by atoms with Crippen molar-refractivity contribution in [2.45, 2.75) is 76.5 Å². The molecule has 0 saturated carbocycles. The van der Waals surface area contributed by atoms with Gasteiger partial charge in [0.15, 0.2) is 0 Å². The number of hydrogen-bond acceptors (Lipinski definition) is 6. The zero-order chi connectivity index (χ0) is 27.8. The Bertz CT molecular complexity index is 1130. The lowest BCUT2D eigenvalue weighted by atomic mass is 10.0. The summed E-state index contributed by atoms with van der Waals surface area (Å²) in [7, 11) is 0. The molecule has 4 atom stereocenters. The van der Waals surface area contributed by atoms with Gasteiger partial charge in [0.2, 0.25) is 17.7 Å². The number of nitrogens with zero attached hydrogens (tertiary/aromatic N) is 1. The largest absolute Gasteiger partial charge is 0.480 e. The number of nitrogens with one attached hydrogen (secondary N) is 3. The topological polar surface area (TPSA) is 184 Å². The number of carbonyl (C=O) groups excluding carboxylic acids is 3. The Hall–Kier alpha value is -3.44. The summed E-state index contributed by atoms with van der Waals surface area (Å²) in [5.41, 5.74) is 13.2. The number of unbranched alkanes of at least 4 members (excludes halogenated alkanes) is 1. The monoisotopic (exact) mass is 528 g/mol. The van der Waals surface area contributed by atoms with Crippen LogP contribution in [-0.4, -0.2) is 75.9 Å². The van der Waals surface area contributed by atoms with Crippen molar-refractivity contribution >= 4 is 34.6 Å². The number of aliphatic carboxylic acids is 1. The summed E-state index contributed by atoms with van der Waals surface area (Å²) in [6, 6.07) is 3.93. The Morgan fingerprint density at radius 3 is 2.58 bits per heavy atom. The fourth-order valence-corrected chi connectivity index (χ4v) is 4.91. The Kier molecular flexibility index (Phi) is 10.3. The van der Waals surface area contributed by atoms with Gasteiger partial charge in [0.05, 0.1) is 6.04 Å². The molecule has 1 aromatic heterocycles. The SMILES string of the molecule is CC(C)C(NC(=O)C1CCCN1C(=O)C(N)CCCCN)C(=O)NC(Cc1c[nH]c2ccccc12)C(=O)O. The van der Waals surface area contributed by atoms with E-state index in [0.29, 0.717) is 32.4 Å². The van der Waals surface area contributed by atoms with Gasteiger partial charge in [-0.15, -0.1) is 0 Å². The Labute approximate surface area is 222 Å². The van der Waals surface area contributed by atoms with Crippen LogP contribution in [-0.2, 0) is 25.6 Å². The van der Waals surface area contributed by atoms with Crippen LogP contribution in [0.15, 0.2) is 30.5 Å². The molecule has 2 heterocycles. The van der Waals surface area contributed by atoms with E-state index in [2.05, 4.69) is 15.6 Å². The molecule has 1 aliphatic rings. The van der Waals surface area contributed by atoms with E-state index >= 15 is 0 Å².